The van der Waals surface area contributed by atoms with Gasteiger partial charge in [0.1, 0.15) is 58.9 Å². The molecule has 0 saturated heterocycles. The third-order valence-electron chi connectivity index (χ3n) is 21.1. The number of hydrogen-bond acceptors (Lipinski definition) is 34. The van der Waals surface area contributed by atoms with Crippen LogP contribution in [0.15, 0.2) is 140 Å². The fourth-order valence-corrected chi connectivity index (χ4v) is 13.3. The van der Waals surface area contributed by atoms with E-state index in [2.05, 4.69) is 66.1 Å². The van der Waals surface area contributed by atoms with Gasteiger partial charge in [-0.25, -0.2) is 24.3 Å². The Balaban J connectivity index is 0.000000217. The summed E-state index contributed by atoms with van der Waals surface area (Å²) in [6, 6.07) is 27.9. The van der Waals surface area contributed by atoms with Crippen molar-refractivity contribution in [3.05, 3.63) is 197 Å². The highest BCUT2D eigenvalue weighted by molar-refractivity contribution is 6.08. The molecule has 0 fully saturated rings. The minimum absolute atomic E-state index is 0.00392. The van der Waals surface area contributed by atoms with E-state index < -0.39 is 21.7 Å². The van der Waals surface area contributed by atoms with E-state index >= 15 is 0 Å². The van der Waals surface area contributed by atoms with Gasteiger partial charge in [0.05, 0.1) is 269 Å². The number of benzene rings is 2. The molecule has 0 aliphatic heterocycles. The van der Waals surface area contributed by atoms with Crippen molar-refractivity contribution in [1.29, 1.82) is 0 Å². The molecule has 0 radical (unpaired) electrons. The summed E-state index contributed by atoms with van der Waals surface area (Å²) in [6.45, 7) is 36.1. The zero-order chi connectivity index (χ0) is 105. The third-order valence-corrected chi connectivity index (χ3v) is 21.1. The Morgan fingerprint density at radius 2 is 0.740 bits per heavy atom. The monoisotopic (exact) mass is 2030 g/mol. The van der Waals surface area contributed by atoms with Crippen LogP contribution in [0.3, 0.4) is 0 Å². The lowest BCUT2D eigenvalue weighted by Gasteiger charge is -2.14. The molecule has 10 aromatic heterocycles. The summed E-state index contributed by atoms with van der Waals surface area (Å²) in [4.78, 5) is 127. The molecule has 0 unspecified atom stereocenters. The van der Waals surface area contributed by atoms with Crippen LogP contribution in [-0.2, 0) is 92.2 Å². The number of Topliss-reactive ketones (excluding diaryl/α,β-unsaturated/α-hetero) is 6. The summed E-state index contributed by atoms with van der Waals surface area (Å²) in [5, 5.41) is 41.2. The van der Waals surface area contributed by atoms with Crippen LogP contribution in [0.5, 0.6) is 11.5 Å². The molecule has 0 atom stereocenters. The Morgan fingerprint density at radius 1 is 0.356 bits per heavy atom. The molecule has 10 heterocycles. The van der Waals surface area contributed by atoms with E-state index in [1.54, 1.807) is 150 Å². The normalized spacial score (nSPS) is 11.7. The highest BCUT2D eigenvalue weighted by atomic mass is 16.6. The second kappa shape index (κ2) is 61.1. The molecule has 0 aliphatic rings. The van der Waals surface area contributed by atoms with E-state index in [0.29, 0.717) is 278 Å². The number of aliphatic hydroxyl groups is 2. The maximum atomic E-state index is 12.7. The summed E-state index contributed by atoms with van der Waals surface area (Å²) in [7, 11) is 3.26. The minimum Gasteiger partial charge on any atom is -0.491 e. The van der Waals surface area contributed by atoms with Gasteiger partial charge >= 0.3 is 0 Å². The van der Waals surface area contributed by atoms with Gasteiger partial charge < -0.3 is 116 Å². The fraction of sp³-hybridized carbons (Fsp3) is 0.500. The van der Waals surface area contributed by atoms with Crippen LogP contribution >= 0.6 is 0 Å². The summed E-state index contributed by atoms with van der Waals surface area (Å²) in [6.07, 6.45) is 11.8. The molecule has 0 saturated carbocycles. The predicted octanol–water partition coefficient (Wildman–Crippen LogP) is 11.7. The molecule has 2 aromatic carbocycles. The number of fused-ring (bicyclic) bond motifs is 4. The number of anilines is 2. The largest absolute Gasteiger partial charge is 0.491 e. The molecular formula is C104H140N16O26. The highest BCUT2D eigenvalue weighted by Gasteiger charge is 2.30. The summed E-state index contributed by atoms with van der Waals surface area (Å²) >= 11 is 0. The molecule has 792 valence electrons. The number of nitrogens with one attached hydrogen (secondary N) is 5. The lowest BCUT2D eigenvalue weighted by atomic mass is 9.89. The van der Waals surface area contributed by atoms with E-state index in [-0.39, 0.29) is 78.3 Å². The topological polar surface area (TPSA) is 514 Å². The van der Waals surface area contributed by atoms with Gasteiger partial charge in [-0.15, -0.1) is 10.2 Å². The van der Waals surface area contributed by atoms with Crippen LogP contribution in [0.1, 0.15) is 178 Å². The van der Waals surface area contributed by atoms with Crippen molar-refractivity contribution in [3.63, 3.8) is 0 Å². The SMILES string of the molecule is CC(C)(C)C(=O)c1cc2cc(NC(=O)c3ccc(OCCOCCOCCOCCO)cc3)cnc2[nH]1.CC(C)(C)C(=O)c1cc2cc(NC(=O)c3ccc(OCCOCCOCCOCCO)cc3)ncc2[nH]1.COCCOCCOCCOCCn1cc(C(=O)Cc2cc3cc(C(=O)C(C)(C)C)[nH]c3cn2)nn1.COCCOCCOCCOCCn1cc(C(=O)Cc2ccc3nc(C(=O)C(C)(C)C)cn3c2)nn1. The highest BCUT2D eigenvalue weighted by Crippen LogP contribution is 2.30. The number of aromatic amines is 3. The Kier molecular flexibility index (Phi) is 49.0. The number of ether oxygens (including phenoxy) is 16. The second-order valence-electron chi connectivity index (χ2n) is 37.2. The molecule has 42 heteroatoms. The molecule has 2 amide bonds. The van der Waals surface area contributed by atoms with E-state index in [9.17, 15) is 38.4 Å². The quantitative estimate of drug-likeness (QED) is 0.0137. The standard InChI is InChI=1S/2C27H35N3O7.2C25H35N5O6/c1-27(2,3)24(32)23-17-20-16-21(18-28-25(20)30-23)29-26(33)19-4-6-22(7-5-19)37-15-14-36-13-12-35-11-10-34-9-8-31;1-27(2,3)25(32)22-16-20-17-24(28-18-23(20)29-22)30-26(33)19-4-6-21(7-5-19)37-15-14-36-13-12-35-11-10-34-9-8-31;1-25(2,3)24(32)20-14-18-13-19(26-16-21(18)27-20)15-23(31)22-17-30(29-28-22)5-6-34-9-10-36-12-11-35-8-7-33-4;1-25(2,3)24(32)21-17-29-16-19(5-6-23(29)26-21)15-22(31)20-18-30(28-27-20)7-8-34-11-12-36-14-13-35-10-9-33-4/h4-7,16-18,31H,8-15H2,1-3H3,(H,28,30)(H,29,33);4-7,16-18,29,31H,8-15H2,1-3H3,(H,28,30,33);13-14,16-17,27H,5-12,15H2,1-4H3;5-6,16-18H,7-15H2,1-4H3. The van der Waals surface area contributed by atoms with Crippen LogP contribution in [0.2, 0.25) is 0 Å². The van der Waals surface area contributed by atoms with E-state index in [0.717, 1.165) is 32.8 Å². The maximum Gasteiger partial charge on any atom is 0.256 e. The van der Waals surface area contributed by atoms with E-state index in [4.69, 9.17) is 86.0 Å². The first-order valence-corrected chi connectivity index (χ1v) is 48.3. The van der Waals surface area contributed by atoms with Crippen molar-refractivity contribution in [3.8, 4) is 11.5 Å². The molecule has 7 N–H and O–H groups in total. The lowest BCUT2D eigenvalue weighted by molar-refractivity contribution is 0.00244. The van der Waals surface area contributed by atoms with Crippen LogP contribution in [0.4, 0.5) is 11.5 Å². The zero-order valence-electron chi connectivity index (χ0n) is 85.9. The molecule has 12 aromatic rings. The van der Waals surface area contributed by atoms with Gasteiger partial charge in [0.15, 0.2) is 34.7 Å². The third kappa shape index (κ3) is 41.0. The van der Waals surface area contributed by atoms with Crippen molar-refractivity contribution in [2.45, 2.75) is 109 Å². The smallest absolute Gasteiger partial charge is 0.256 e. The van der Waals surface area contributed by atoms with E-state index in [1.165, 1.54) is 0 Å². The van der Waals surface area contributed by atoms with Gasteiger partial charge in [0.2, 0.25) is 0 Å². The molecule has 0 aliphatic carbocycles. The molecular weight excluding hydrogens is 1890 g/mol. The van der Waals surface area contributed by atoms with Crippen LogP contribution < -0.4 is 20.1 Å². The van der Waals surface area contributed by atoms with Gasteiger partial charge in [-0.05, 0) is 96.6 Å². The number of aromatic nitrogens is 14. The van der Waals surface area contributed by atoms with Gasteiger partial charge in [-0.3, -0.25) is 43.3 Å². The number of methoxy groups -OCH3 is 2. The van der Waals surface area contributed by atoms with Gasteiger partial charge in [-0.2, -0.15) is 0 Å². The summed E-state index contributed by atoms with van der Waals surface area (Å²) in [5.41, 5.74) is 6.10. The van der Waals surface area contributed by atoms with Crippen molar-refractivity contribution >= 4 is 96.5 Å². The predicted molar refractivity (Wildman–Crippen MR) is 542 cm³/mol. The van der Waals surface area contributed by atoms with Gasteiger partial charge in [-0.1, -0.05) is 99.6 Å². The van der Waals surface area contributed by atoms with Crippen molar-refractivity contribution in [1.82, 2.24) is 69.3 Å². The number of carbonyl (C=O) groups is 8. The van der Waals surface area contributed by atoms with Gasteiger partial charge in [0.25, 0.3) is 11.8 Å². The summed E-state index contributed by atoms with van der Waals surface area (Å²) in [5.74, 6) is 0.738. The van der Waals surface area contributed by atoms with Crippen molar-refractivity contribution < 1.29 is 124 Å². The van der Waals surface area contributed by atoms with Crippen molar-refractivity contribution in [2.75, 3.05) is 223 Å². The number of hydrogen-bond donors (Lipinski definition) is 7. The first-order chi connectivity index (χ1) is 70.1. The average molecular weight is 2030 g/mol. The van der Waals surface area contributed by atoms with Gasteiger partial charge in [0, 0.05) is 87.7 Å². The number of nitrogens with zero attached hydrogens (tertiary/aromatic N) is 11. The van der Waals surface area contributed by atoms with Crippen LogP contribution in [0.25, 0.3) is 38.5 Å². The number of amides is 2. The molecule has 42 nitrogen and oxygen atoms in total. The fourth-order valence-electron chi connectivity index (χ4n) is 13.3. The number of rotatable bonds is 62. The Labute approximate surface area is 848 Å². The maximum absolute atomic E-state index is 12.7. The number of ketones is 6. The van der Waals surface area contributed by atoms with Crippen LogP contribution in [-0.4, -0.2) is 338 Å². The van der Waals surface area contributed by atoms with Crippen molar-refractivity contribution in [2.24, 2.45) is 21.7 Å². The number of carbonyl (C=O) groups excluding carboxylic acids is 8. The van der Waals surface area contributed by atoms with E-state index in [1.807, 2.05) is 101 Å². The molecule has 146 heavy (non-hydrogen) atoms. The number of H-pyrrole nitrogens is 3. The first-order valence-electron chi connectivity index (χ1n) is 48.3. The Bertz CT molecular complexity index is 5660. The second-order valence-corrected chi connectivity index (χ2v) is 37.2. The number of aliphatic hydroxyl groups excluding tert-OH is 2. The average Bonchev–Trinajstić information content (AvgIpc) is 1.67. The number of imidazole rings is 1. The molecule has 12 rings (SSSR count). The lowest BCUT2D eigenvalue weighted by Crippen LogP contribution is -2.20. The Morgan fingerprint density at radius 3 is 1.17 bits per heavy atom. The molecule has 0 bridgehead atoms. The Hall–Kier alpha value is -12.6. The molecule has 0 spiro atoms. The minimum atomic E-state index is -0.513. The first kappa shape index (κ1) is 117. The summed E-state index contributed by atoms with van der Waals surface area (Å²) < 4.78 is 90.3. The number of pyridine rings is 4. The zero-order valence-corrected chi connectivity index (χ0v) is 85.9. The van der Waals surface area contributed by atoms with Crippen LogP contribution in [0, 0.1) is 21.7 Å².